The number of pyridine rings is 1. The first kappa shape index (κ1) is 17.0. The fourth-order valence-corrected chi connectivity index (χ4v) is 3.03. The molecule has 0 amide bonds. The maximum Gasteiger partial charge on any atom is 0.251 e. The average molecular weight is 351 g/mol. The second-order valence-corrected chi connectivity index (χ2v) is 6.37. The van der Waals surface area contributed by atoms with Crippen LogP contribution in [0.25, 0.3) is 0 Å². The van der Waals surface area contributed by atoms with Crippen LogP contribution in [-0.4, -0.2) is 11.5 Å². The Kier molecular flexibility index (Phi) is 5.69. The maximum absolute atomic E-state index is 12.2. The van der Waals surface area contributed by atoms with Crippen molar-refractivity contribution in [2.75, 3.05) is 5.75 Å². The van der Waals surface area contributed by atoms with Gasteiger partial charge in [0.25, 0.3) is 5.03 Å². The standard InChI is InChI=1S/C20H17NO3S/c22-19(15-25-20-8-4-5-13-21(20)23)17-9-11-18(12-10-17)24-14-16-6-2-1-3-7-16/h1-13H,14-15H2. The summed E-state index contributed by atoms with van der Waals surface area (Å²) in [6.07, 6.45) is 1.42. The number of ether oxygens (including phenoxy) is 1. The Hall–Kier alpha value is -2.79. The van der Waals surface area contributed by atoms with Crippen LogP contribution in [0, 0.1) is 5.21 Å². The molecule has 0 atom stereocenters. The topological polar surface area (TPSA) is 53.2 Å². The van der Waals surface area contributed by atoms with E-state index in [0.717, 1.165) is 10.3 Å². The van der Waals surface area contributed by atoms with Crippen molar-refractivity contribution in [1.29, 1.82) is 0 Å². The smallest absolute Gasteiger partial charge is 0.251 e. The van der Waals surface area contributed by atoms with Crippen molar-refractivity contribution in [2.24, 2.45) is 0 Å². The third-order valence-electron chi connectivity index (χ3n) is 3.56. The molecular weight excluding hydrogens is 334 g/mol. The van der Waals surface area contributed by atoms with Crippen molar-refractivity contribution < 1.29 is 14.3 Å². The SMILES string of the molecule is O=C(CSc1cccc[n+]1[O-])c1ccc(OCc2ccccc2)cc1. The molecule has 0 saturated carbocycles. The molecule has 5 heteroatoms. The number of hydrogen-bond acceptors (Lipinski definition) is 4. The zero-order valence-electron chi connectivity index (χ0n) is 13.5. The summed E-state index contributed by atoms with van der Waals surface area (Å²) in [6.45, 7) is 0.488. The lowest BCUT2D eigenvalue weighted by Crippen LogP contribution is -2.28. The van der Waals surface area contributed by atoms with Gasteiger partial charge in [-0.05, 0) is 47.7 Å². The van der Waals surface area contributed by atoms with E-state index >= 15 is 0 Å². The molecule has 0 fully saturated rings. The van der Waals surface area contributed by atoms with Crippen molar-refractivity contribution in [3.8, 4) is 5.75 Å². The molecule has 0 saturated heterocycles. The van der Waals surface area contributed by atoms with Crippen LogP contribution < -0.4 is 9.47 Å². The number of Topliss-reactive ketones (excluding diaryl/α,β-unsaturated/α-hetero) is 1. The molecule has 3 aromatic rings. The Labute approximate surface area is 150 Å². The molecule has 4 nitrogen and oxygen atoms in total. The van der Waals surface area contributed by atoms with Gasteiger partial charge in [-0.25, -0.2) is 0 Å². The van der Waals surface area contributed by atoms with E-state index in [1.807, 2.05) is 30.3 Å². The van der Waals surface area contributed by atoms with E-state index in [1.54, 1.807) is 42.5 Å². The summed E-state index contributed by atoms with van der Waals surface area (Å²) >= 11 is 1.23. The highest BCUT2D eigenvalue weighted by Gasteiger charge is 2.11. The van der Waals surface area contributed by atoms with E-state index in [-0.39, 0.29) is 11.5 Å². The van der Waals surface area contributed by atoms with Gasteiger partial charge in [0.2, 0.25) is 0 Å². The quantitative estimate of drug-likeness (QED) is 0.281. The highest BCUT2D eigenvalue weighted by Crippen LogP contribution is 2.18. The summed E-state index contributed by atoms with van der Waals surface area (Å²) in [7, 11) is 0. The first-order valence-electron chi connectivity index (χ1n) is 7.83. The van der Waals surface area contributed by atoms with Gasteiger partial charge in [-0.2, -0.15) is 4.73 Å². The van der Waals surface area contributed by atoms with Crippen LogP contribution in [0.2, 0.25) is 0 Å². The molecule has 2 aromatic carbocycles. The second-order valence-electron chi connectivity index (χ2n) is 5.38. The lowest BCUT2D eigenvalue weighted by molar-refractivity contribution is -0.645. The summed E-state index contributed by atoms with van der Waals surface area (Å²) in [5, 5.41) is 12.1. The summed E-state index contributed by atoms with van der Waals surface area (Å²) < 4.78 is 6.47. The molecule has 1 aromatic heterocycles. The second kappa shape index (κ2) is 8.35. The first-order chi connectivity index (χ1) is 12.2. The highest BCUT2D eigenvalue weighted by molar-refractivity contribution is 7.99. The van der Waals surface area contributed by atoms with E-state index in [9.17, 15) is 10.0 Å². The van der Waals surface area contributed by atoms with Crippen molar-refractivity contribution in [3.63, 3.8) is 0 Å². The largest absolute Gasteiger partial charge is 0.618 e. The number of aromatic nitrogens is 1. The van der Waals surface area contributed by atoms with Gasteiger partial charge in [0.1, 0.15) is 12.4 Å². The summed E-state index contributed by atoms with van der Waals surface area (Å²) in [5.74, 6) is 0.910. The molecule has 0 spiro atoms. The lowest BCUT2D eigenvalue weighted by atomic mass is 10.1. The van der Waals surface area contributed by atoms with Crippen LogP contribution in [0.5, 0.6) is 5.75 Å². The number of rotatable bonds is 7. The lowest BCUT2D eigenvalue weighted by Gasteiger charge is -2.07. The van der Waals surface area contributed by atoms with E-state index in [2.05, 4.69) is 0 Å². The number of thioether (sulfide) groups is 1. The van der Waals surface area contributed by atoms with Crippen LogP contribution in [0.4, 0.5) is 0 Å². The van der Waals surface area contributed by atoms with E-state index in [0.29, 0.717) is 22.9 Å². The molecule has 1 heterocycles. The fraction of sp³-hybridized carbons (Fsp3) is 0.100. The third-order valence-corrected chi connectivity index (χ3v) is 4.58. The van der Waals surface area contributed by atoms with Crippen molar-refractivity contribution in [1.82, 2.24) is 0 Å². The zero-order valence-corrected chi connectivity index (χ0v) is 14.3. The molecular formula is C20H17NO3S. The zero-order chi connectivity index (χ0) is 17.5. The average Bonchev–Trinajstić information content (AvgIpc) is 2.67. The van der Waals surface area contributed by atoms with Gasteiger partial charge in [-0.3, -0.25) is 4.79 Å². The molecule has 0 aliphatic carbocycles. The Morgan fingerprint density at radius 3 is 2.40 bits per heavy atom. The van der Waals surface area contributed by atoms with Gasteiger partial charge in [0, 0.05) is 17.7 Å². The molecule has 0 bridgehead atoms. The van der Waals surface area contributed by atoms with Gasteiger partial charge in [-0.1, -0.05) is 30.3 Å². The number of nitrogens with zero attached hydrogens (tertiary/aromatic N) is 1. The van der Waals surface area contributed by atoms with Gasteiger partial charge in [0.15, 0.2) is 12.0 Å². The normalized spacial score (nSPS) is 10.4. The molecule has 25 heavy (non-hydrogen) atoms. The number of benzene rings is 2. The van der Waals surface area contributed by atoms with Crippen LogP contribution >= 0.6 is 11.8 Å². The number of hydrogen-bond donors (Lipinski definition) is 0. The predicted molar refractivity (Wildman–Crippen MR) is 97.7 cm³/mol. The minimum Gasteiger partial charge on any atom is -0.618 e. The monoisotopic (exact) mass is 351 g/mol. The van der Waals surface area contributed by atoms with Gasteiger partial charge < -0.3 is 9.94 Å². The number of carbonyl (C=O) groups excluding carboxylic acids is 1. The van der Waals surface area contributed by atoms with Crippen molar-refractivity contribution in [2.45, 2.75) is 11.6 Å². The maximum atomic E-state index is 12.2. The van der Waals surface area contributed by atoms with Gasteiger partial charge >= 0.3 is 0 Å². The van der Waals surface area contributed by atoms with Crippen molar-refractivity contribution in [3.05, 3.63) is 95.3 Å². The number of ketones is 1. The van der Waals surface area contributed by atoms with E-state index in [4.69, 9.17) is 4.74 Å². The Balaban J connectivity index is 1.54. The van der Waals surface area contributed by atoms with Crippen LogP contribution in [0.3, 0.4) is 0 Å². The van der Waals surface area contributed by atoms with Gasteiger partial charge in [0.05, 0.1) is 5.75 Å². The Morgan fingerprint density at radius 2 is 1.68 bits per heavy atom. The molecule has 0 radical (unpaired) electrons. The fourth-order valence-electron chi connectivity index (χ4n) is 2.23. The highest BCUT2D eigenvalue weighted by atomic mass is 32.2. The molecule has 0 unspecified atom stereocenters. The van der Waals surface area contributed by atoms with Crippen molar-refractivity contribution >= 4 is 17.5 Å². The van der Waals surface area contributed by atoms with E-state index in [1.165, 1.54) is 18.0 Å². The predicted octanol–water partition coefficient (Wildman–Crippen LogP) is 3.87. The Morgan fingerprint density at radius 1 is 0.960 bits per heavy atom. The first-order valence-corrected chi connectivity index (χ1v) is 8.82. The molecule has 0 aliphatic heterocycles. The van der Waals surface area contributed by atoms with Crippen LogP contribution in [-0.2, 0) is 6.61 Å². The van der Waals surface area contributed by atoms with Crippen LogP contribution in [0.1, 0.15) is 15.9 Å². The summed E-state index contributed by atoms with van der Waals surface area (Å²) in [4.78, 5) is 12.2. The summed E-state index contributed by atoms with van der Waals surface area (Å²) in [5.41, 5.74) is 1.70. The number of carbonyl (C=O) groups is 1. The minimum atomic E-state index is -0.0246. The summed E-state index contributed by atoms with van der Waals surface area (Å²) in [6, 6.07) is 22.1. The molecule has 0 N–H and O–H groups in total. The Bertz CT molecular complexity index is 835. The molecule has 3 rings (SSSR count). The van der Waals surface area contributed by atoms with Crippen LogP contribution in [0.15, 0.2) is 84.0 Å². The molecule has 0 aliphatic rings. The third kappa shape index (κ3) is 4.84. The molecule has 126 valence electrons. The van der Waals surface area contributed by atoms with Gasteiger partial charge in [-0.15, -0.1) is 0 Å². The minimum absolute atomic E-state index is 0.0246. The van der Waals surface area contributed by atoms with E-state index < -0.39 is 0 Å².